The first kappa shape index (κ1) is 12.4. The van der Waals surface area contributed by atoms with Gasteiger partial charge in [0, 0.05) is 19.3 Å². The lowest BCUT2D eigenvalue weighted by molar-refractivity contribution is -0.121. The summed E-state index contributed by atoms with van der Waals surface area (Å²) in [5.74, 6) is 0.545. The standard InChI is InChI=1S/C11H18N4O/c1-3-13-11(16)8-15(2)7-9-4-5-10(12)14-6-9/h4-6H,3,7-8H2,1-2H3,(H2,12,14)(H,13,16). The average molecular weight is 222 g/mol. The number of hydrogen-bond donors (Lipinski definition) is 2. The monoisotopic (exact) mass is 222 g/mol. The van der Waals surface area contributed by atoms with Crippen molar-refractivity contribution in [2.75, 3.05) is 25.9 Å². The molecule has 0 bridgehead atoms. The second kappa shape index (κ2) is 6.07. The van der Waals surface area contributed by atoms with E-state index in [2.05, 4.69) is 10.3 Å². The number of carbonyl (C=O) groups is 1. The van der Waals surface area contributed by atoms with Crippen LogP contribution in [0.5, 0.6) is 0 Å². The second-order valence-corrected chi connectivity index (χ2v) is 3.72. The van der Waals surface area contributed by atoms with Crippen molar-refractivity contribution in [2.45, 2.75) is 13.5 Å². The molecule has 16 heavy (non-hydrogen) atoms. The van der Waals surface area contributed by atoms with Gasteiger partial charge in [-0.1, -0.05) is 6.07 Å². The molecular weight excluding hydrogens is 204 g/mol. The van der Waals surface area contributed by atoms with E-state index in [-0.39, 0.29) is 5.91 Å². The van der Waals surface area contributed by atoms with Gasteiger partial charge in [0.25, 0.3) is 0 Å². The van der Waals surface area contributed by atoms with Crippen molar-refractivity contribution < 1.29 is 4.79 Å². The van der Waals surface area contributed by atoms with Gasteiger partial charge < -0.3 is 11.1 Å². The molecule has 0 aliphatic heterocycles. The van der Waals surface area contributed by atoms with E-state index < -0.39 is 0 Å². The van der Waals surface area contributed by atoms with Crippen molar-refractivity contribution in [3.8, 4) is 0 Å². The normalized spacial score (nSPS) is 10.4. The van der Waals surface area contributed by atoms with Crippen molar-refractivity contribution in [2.24, 2.45) is 0 Å². The molecule has 1 heterocycles. The Bertz CT molecular complexity index is 336. The first-order valence-electron chi connectivity index (χ1n) is 5.27. The summed E-state index contributed by atoms with van der Waals surface area (Å²) in [6.07, 6.45) is 1.73. The number of hydrogen-bond acceptors (Lipinski definition) is 4. The van der Waals surface area contributed by atoms with Crippen LogP contribution in [0.3, 0.4) is 0 Å². The smallest absolute Gasteiger partial charge is 0.234 e. The summed E-state index contributed by atoms with van der Waals surface area (Å²) in [6.45, 7) is 3.64. The Labute approximate surface area is 95.7 Å². The lowest BCUT2D eigenvalue weighted by Gasteiger charge is -2.15. The Morgan fingerprint density at radius 3 is 2.88 bits per heavy atom. The van der Waals surface area contributed by atoms with Gasteiger partial charge in [0.05, 0.1) is 6.54 Å². The first-order valence-corrected chi connectivity index (χ1v) is 5.27. The minimum atomic E-state index is 0.0356. The predicted octanol–water partition coefficient (Wildman–Crippen LogP) is 0.232. The van der Waals surface area contributed by atoms with Crippen LogP contribution in [0.2, 0.25) is 0 Å². The number of nitrogens with two attached hydrogens (primary N) is 1. The minimum absolute atomic E-state index is 0.0356. The van der Waals surface area contributed by atoms with E-state index in [1.165, 1.54) is 0 Å². The lowest BCUT2D eigenvalue weighted by atomic mass is 10.2. The zero-order valence-electron chi connectivity index (χ0n) is 9.73. The highest BCUT2D eigenvalue weighted by Gasteiger charge is 2.05. The fourth-order valence-corrected chi connectivity index (χ4v) is 1.40. The van der Waals surface area contributed by atoms with E-state index >= 15 is 0 Å². The summed E-state index contributed by atoms with van der Waals surface area (Å²) in [5, 5.41) is 2.76. The number of aromatic nitrogens is 1. The van der Waals surface area contributed by atoms with Crippen LogP contribution in [0.1, 0.15) is 12.5 Å². The SMILES string of the molecule is CCNC(=O)CN(C)Cc1ccc(N)nc1. The molecule has 5 nitrogen and oxygen atoms in total. The molecule has 0 aliphatic rings. The molecule has 0 saturated carbocycles. The molecule has 1 amide bonds. The first-order chi connectivity index (χ1) is 7.61. The van der Waals surface area contributed by atoms with Crippen molar-refractivity contribution in [3.05, 3.63) is 23.9 Å². The van der Waals surface area contributed by atoms with Crippen molar-refractivity contribution in [1.29, 1.82) is 0 Å². The van der Waals surface area contributed by atoms with Crippen LogP contribution in [0.15, 0.2) is 18.3 Å². The molecule has 0 atom stereocenters. The van der Waals surface area contributed by atoms with Crippen LogP contribution >= 0.6 is 0 Å². The summed E-state index contributed by atoms with van der Waals surface area (Å²) in [4.78, 5) is 17.2. The second-order valence-electron chi connectivity index (χ2n) is 3.72. The van der Waals surface area contributed by atoms with E-state index in [0.717, 1.165) is 5.56 Å². The van der Waals surface area contributed by atoms with Crippen LogP contribution in [0.25, 0.3) is 0 Å². The zero-order valence-corrected chi connectivity index (χ0v) is 9.73. The number of pyridine rings is 1. The molecule has 1 rings (SSSR count). The van der Waals surface area contributed by atoms with E-state index in [1.54, 1.807) is 12.3 Å². The van der Waals surface area contributed by atoms with Gasteiger partial charge in [-0.3, -0.25) is 9.69 Å². The van der Waals surface area contributed by atoms with E-state index in [1.807, 2.05) is 24.9 Å². The molecule has 0 saturated heterocycles. The van der Waals surface area contributed by atoms with E-state index in [9.17, 15) is 4.79 Å². The molecule has 0 radical (unpaired) electrons. The molecule has 0 aliphatic carbocycles. The molecule has 0 fully saturated rings. The number of anilines is 1. The highest BCUT2D eigenvalue weighted by atomic mass is 16.1. The Hall–Kier alpha value is -1.62. The third-order valence-corrected chi connectivity index (χ3v) is 2.09. The van der Waals surface area contributed by atoms with Crippen LogP contribution in [-0.4, -0.2) is 35.9 Å². The fourth-order valence-electron chi connectivity index (χ4n) is 1.40. The number of nitrogen functional groups attached to an aromatic ring is 1. The minimum Gasteiger partial charge on any atom is -0.384 e. The van der Waals surface area contributed by atoms with Crippen molar-refractivity contribution in [1.82, 2.24) is 15.2 Å². The van der Waals surface area contributed by atoms with Gasteiger partial charge in [-0.2, -0.15) is 0 Å². The highest BCUT2D eigenvalue weighted by Crippen LogP contribution is 2.03. The molecule has 0 spiro atoms. The molecule has 5 heteroatoms. The Morgan fingerprint density at radius 1 is 1.56 bits per heavy atom. The summed E-state index contributed by atoms with van der Waals surface area (Å²) >= 11 is 0. The molecule has 0 unspecified atom stereocenters. The van der Waals surface area contributed by atoms with Gasteiger partial charge in [-0.25, -0.2) is 4.98 Å². The van der Waals surface area contributed by atoms with Crippen LogP contribution in [0.4, 0.5) is 5.82 Å². The number of rotatable bonds is 5. The molecular formula is C11H18N4O. The number of nitrogens with one attached hydrogen (secondary N) is 1. The summed E-state index contributed by atoms with van der Waals surface area (Å²) in [5.41, 5.74) is 6.53. The van der Waals surface area contributed by atoms with Gasteiger partial charge in [0.1, 0.15) is 5.82 Å². The average Bonchev–Trinajstić information content (AvgIpc) is 2.21. The van der Waals surface area contributed by atoms with Gasteiger partial charge in [-0.05, 0) is 25.6 Å². The fraction of sp³-hybridized carbons (Fsp3) is 0.455. The molecule has 0 aromatic carbocycles. The Kier molecular flexibility index (Phi) is 4.72. The van der Waals surface area contributed by atoms with Crippen LogP contribution < -0.4 is 11.1 Å². The molecule has 88 valence electrons. The quantitative estimate of drug-likeness (QED) is 0.748. The molecule has 1 aromatic heterocycles. The van der Waals surface area contributed by atoms with Gasteiger partial charge in [0.15, 0.2) is 0 Å². The number of likely N-dealkylation sites (N-methyl/N-ethyl adjacent to an activating group) is 2. The Balaban J connectivity index is 2.42. The van der Waals surface area contributed by atoms with Crippen molar-refractivity contribution in [3.63, 3.8) is 0 Å². The maximum absolute atomic E-state index is 11.3. The number of carbonyl (C=O) groups excluding carboxylic acids is 1. The van der Waals surface area contributed by atoms with Crippen LogP contribution in [-0.2, 0) is 11.3 Å². The topological polar surface area (TPSA) is 71.2 Å². The third kappa shape index (κ3) is 4.27. The summed E-state index contributed by atoms with van der Waals surface area (Å²) in [6, 6.07) is 3.67. The van der Waals surface area contributed by atoms with E-state index in [4.69, 9.17) is 5.73 Å². The van der Waals surface area contributed by atoms with Gasteiger partial charge in [-0.15, -0.1) is 0 Å². The third-order valence-electron chi connectivity index (χ3n) is 2.09. The van der Waals surface area contributed by atoms with Gasteiger partial charge >= 0.3 is 0 Å². The summed E-state index contributed by atoms with van der Waals surface area (Å²) < 4.78 is 0. The van der Waals surface area contributed by atoms with Crippen LogP contribution in [0, 0.1) is 0 Å². The zero-order chi connectivity index (χ0) is 12.0. The molecule has 3 N–H and O–H groups in total. The largest absolute Gasteiger partial charge is 0.384 e. The van der Waals surface area contributed by atoms with E-state index in [0.29, 0.717) is 25.5 Å². The number of nitrogens with zero attached hydrogens (tertiary/aromatic N) is 2. The molecule has 1 aromatic rings. The highest BCUT2D eigenvalue weighted by molar-refractivity contribution is 5.77. The predicted molar refractivity (Wildman–Crippen MR) is 63.7 cm³/mol. The maximum atomic E-state index is 11.3. The maximum Gasteiger partial charge on any atom is 0.234 e. The summed E-state index contributed by atoms with van der Waals surface area (Å²) in [7, 11) is 1.89. The lowest BCUT2D eigenvalue weighted by Crippen LogP contribution is -2.34. The van der Waals surface area contributed by atoms with Crippen molar-refractivity contribution >= 4 is 11.7 Å². The number of amides is 1. The Morgan fingerprint density at radius 2 is 2.31 bits per heavy atom. The van der Waals surface area contributed by atoms with Gasteiger partial charge in [0.2, 0.25) is 5.91 Å².